The number of esters is 2. The van der Waals surface area contributed by atoms with E-state index < -0.39 is 70.3 Å². The topological polar surface area (TPSA) is 202 Å². The van der Waals surface area contributed by atoms with Crippen LogP contribution in [0.15, 0.2) is 0 Å². The molecule has 6 unspecified atom stereocenters. The molecular weight excluding hydrogens is 576 g/mol. The van der Waals surface area contributed by atoms with Crippen LogP contribution in [0, 0.1) is 34.5 Å². The Morgan fingerprint density at radius 3 is 1.05 bits per heavy atom. The Morgan fingerprint density at radius 1 is 0.500 bits per heavy atom. The average molecular weight is 627 g/mol. The molecule has 0 aliphatic heterocycles. The Bertz CT molecular complexity index is 945. The molecule has 4 N–H and O–H groups in total. The first-order valence-corrected chi connectivity index (χ1v) is 16.0. The van der Waals surface area contributed by atoms with E-state index in [-0.39, 0.29) is 64.6 Å². The van der Waals surface area contributed by atoms with Crippen LogP contribution in [0.2, 0.25) is 0 Å². The molecule has 0 aromatic rings. The van der Waals surface area contributed by atoms with Crippen molar-refractivity contribution in [1.82, 2.24) is 0 Å². The summed E-state index contributed by atoms with van der Waals surface area (Å²) in [5.41, 5.74) is -2.08. The average Bonchev–Trinajstić information content (AvgIpc) is 3.26. The summed E-state index contributed by atoms with van der Waals surface area (Å²) < 4.78 is 10.8. The molecule has 2 fully saturated rings. The number of ether oxygens (including phenoxy) is 2. The van der Waals surface area contributed by atoms with Crippen molar-refractivity contribution in [2.45, 2.75) is 117 Å². The van der Waals surface area contributed by atoms with E-state index >= 15 is 0 Å². The van der Waals surface area contributed by atoms with Crippen LogP contribution in [0.4, 0.5) is 0 Å². The highest BCUT2D eigenvalue weighted by Gasteiger charge is 2.45. The fourth-order valence-corrected chi connectivity index (χ4v) is 6.36. The summed E-state index contributed by atoms with van der Waals surface area (Å²) in [6, 6.07) is 0. The van der Waals surface area contributed by atoms with Gasteiger partial charge in [0.2, 0.25) is 0 Å². The van der Waals surface area contributed by atoms with Gasteiger partial charge in [-0.1, -0.05) is 38.5 Å². The van der Waals surface area contributed by atoms with Gasteiger partial charge in [-0.15, -0.1) is 0 Å². The minimum absolute atomic E-state index is 0.125. The van der Waals surface area contributed by atoms with Crippen molar-refractivity contribution < 1.29 is 58.7 Å². The molecule has 0 radical (unpaired) electrons. The minimum atomic E-state index is -1.10. The van der Waals surface area contributed by atoms with Crippen LogP contribution in [0.1, 0.15) is 117 Å². The van der Waals surface area contributed by atoms with Crippen molar-refractivity contribution >= 4 is 35.8 Å². The first-order chi connectivity index (χ1) is 20.7. The minimum Gasteiger partial charge on any atom is -0.481 e. The van der Waals surface area contributed by atoms with Gasteiger partial charge in [0.05, 0.1) is 47.7 Å². The fraction of sp³-hybridized carbons (Fsp3) is 0.812. The zero-order valence-electron chi connectivity index (χ0n) is 26.1. The Balaban J connectivity index is 1.58. The van der Waals surface area contributed by atoms with E-state index in [1.54, 1.807) is 13.8 Å². The molecule has 0 bridgehead atoms. The highest BCUT2D eigenvalue weighted by Crippen LogP contribution is 2.41. The zero-order chi connectivity index (χ0) is 32.9. The molecule has 12 heteroatoms. The molecule has 2 saturated carbocycles. The molecule has 2 aliphatic carbocycles. The van der Waals surface area contributed by atoms with Gasteiger partial charge in [-0.2, -0.15) is 0 Å². The lowest BCUT2D eigenvalue weighted by Gasteiger charge is -2.22. The van der Waals surface area contributed by atoms with Crippen molar-refractivity contribution in [3.05, 3.63) is 0 Å². The second-order valence-corrected chi connectivity index (χ2v) is 13.2. The van der Waals surface area contributed by atoms with Gasteiger partial charge in [0.1, 0.15) is 0 Å². The normalized spacial score (nSPS) is 29.0. The van der Waals surface area contributed by atoms with Crippen molar-refractivity contribution in [3.8, 4) is 0 Å². The van der Waals surface area contributed by atoms with E-state index in [0.29, 0.717) is 12.8 Å². The maximum absolute atomic E-state index is 12.6. The van der Waals surface area contributed by atoms with Crippen molar-refractivity contribution in [2.75, 3.05) is 13.2 Å². The molecule has 0 saturated heterocycles. The van der Waals surface area contributed by atoms with Crippen LogP contribution in [-0.2, 0) is 38.2 Å². The van der Waals surface area contributed by atoms with E-state index in [1.165, 1.54) is 0 Å². The van der Waals surface area contributed by atoms with Crippen molar-refractivity contribution in [2.24, 2.45) is 34.5 Å². The van der Waals surface area contributed by atoms with E-state index in [1.807, 2.05) is 0 Å². The van der Waals surface area contributed by atoms with Crippen LogP contribution in [0.3, 0.4) is 0 Å². The monoisotopic (exact) mass is 626 g/mol. The number of carboxylic acid groups (broad SMARTS) is 4. The summed E-state index contributed by atoms with van der Waals surface area (Å²) in [7, 11) is 0. The fourth-order valence-electron chi connectivity index (χ4n) is 6.36. The van der Waals surface area contributed by atoms with Crippen molar-refractivity contribution in [1.29, 1.82) is 0 Å². The molecule has 12 nitrogen and oxygen atoms in total. The van der Waals surface area contributed by atoms with Gasteiger partial charge in [0.15, 0.2) is 0 Å². The maximum Gasteiger partial charge on any atom is 0.309 e. The largest absolute Gasteiger partial charge is 0.481 e. The molecule has 0 aromatic heterocycles. The highest BCUT2D eigenvalue weighted by molar-refractivity contribution is 5.83. The number of rotatable bonds is 17. The molecular formula is C32H50O12. The second kappa shape index (κ2) is 17.3. The van der Waals surface area contributed by atoms with Gasteiger partial charge < -0.3 is 29.9 Å². The predicted octanol–water partition coefficient (Wildman–Crippen LogP) is 5.16. The van der Waals surface area contributed by atoms with E-state index in [4.69, 9.17) is 9.47 Å². The lowest BCUT2D eigenvalue weighted by molar-refractivity contribution is -0.158. The van der Waals surface area contributed by atoms with Gasteiger partial charge in [-0.25, -0.2) is 0 Å². The molecule has 0 spiro atoms. The SMILES string of the molecule is CC1(C(=O)O)CCC(C(=O)O)C(C(=O)OCCCCCCCCCCOC(=O)C2CCC(C)(C(=O)O)CCC2C(=O)O)CC1. The summed E-state index contributed by atoms with van der Waals surface area (Å²) in [6.45, 7) is 3.58. The maximum atomic E-state index is 12.6. The Morgan fingerprint density at radius 2 is 0.773 bits per heavy atom. The number of hydrogen-bond donors (Lipinski definition) is 4. The van der Waals surface area contributed by atoms with Gasteiger partial charge in [-0.3, -0.25) is 28.8 Å². The van der Waals surface area contributed by atoms with Gasteiger partial charge in [0.25, 0.3) is 0 Å². The number of carboxylic acids is 4. The Kier molecular flexibility index (Phi) is 14.6. The molecule has 2 rings (SSSR count). The Labute approximate surface area is 258 Å². The molecule has 6 atom stereocenters. The number of unbranched alkanes of at least 4 members (excludes halogenated alkanes) is 7. The smallest absolute Gasteiger partial charge is 0.309 e. The van der Waals surface area contributed by atoms with Crippen LogP contribution in [0.25, 0.3) is 0 Å². The lowest BCUT2D eigenvalue weighted by Crippen LogP contribution is -2.30. The summed E-state index contributed by atoms with van der Waals surface area (Å²) in [4.78, 5) is 71.9. The zero-order valence-corrected chi connectivity index (χ0v) is 26.1. The van der Waals surface area contributed by atoms with Crippen LogP contribution in [0.5, 0.6) is 0 Å². The number of hydrogen-bond acceptors (Lipinski definition) is 8. The summed E-state index contributed by atoms with van der Waals surface area (Å²) in [5.74, 6) is -8.86. The van der Waals surface area contributed by atoms with Gasteiger partial charge in [0, 0.05) is 0 Å². The van der Waals surface area contributed by atoms with Gasteiger partial charge >= 0.3 is 35.8 Å². The quantitative estimate of drug-likeness (QED) is 0.0940. The van der Waals surface area contributed by atoms with E-state index in [2.05, 4.69) is 0 Å². The van der Waals surface area contributed by atoms with Gasteiger partial charge in [-0.05, 0) is 78.1 Å². The van der Waals surface area contributed by atoms with E-state index in [0.717, 1.165) is 38.5 Å². The standard InChI is InChI=1S/C32H50O12/c1-31(29(39)40)15-11-21(25(33)34)23(13-17-31)27(37)43-19-9-7-5-3-4-6-8-10-20-44-28(38)24-14-18-32(2,30(41)42)16-12-22(24)26(35)36/h21-24H,3-20H2,1-2H3,(H,33,34)(H,35,36)(H,39,40)(H,41,42). The lowest BCUT2D eigenvalue weighted by atomic mass is 9.82. The summed E-state index contributed by atoms with van der Waals surface area (Å²) in [6.07, 6.45) is 8.33. The molecule has 44 heavy (non-hydrogen) atoms. The summed E-state index contributed by atoms with van der Waals surface area (Å²) >= 11 is 0. The first kappa shape index (κ1) is 37.0. The third-order valence-corrected chi connectivity index (χ3v) is 9.80. The number of carbonyl (C=O) groups is 6. The van der Waals surface area contributed by atoms with Crippen LogP contribution in [-0.4, -0.2) is 69.5 Å². The third kappa shape index (κ3) is 10.8. The second-order valence-electron chi connectivity index (χ2n) is 13.2. The molecule has 0 amide bonds. The van der Waals surface area contributed by atoms with E-state index in [9.17, 15) is 49.2 Å². The number of carbonyl (C=O) groups excluding carboxylic acids is 2. The van der Waals surface area contributed by atoms with Crippen molar-refractivity contribution in [3.63, 3.8) is 0 Å². The number of aliphatic carboxylic acids is 4. The molecule has 0 heterocycles. The highest BCUT2D eigenvalue weighted by atomic mass is 16.5. The molecule has 0 aromatic carbocycles. The molecule has 250 valence electrons. The Hall–Kier alpha value is -3.18. The predicted molar refractivity (Wildman–Crippen MR) is 157 cm³/mol. The van der Waals surface area contributed by atoms with Crippen LogP contribution < -0.4 is 0 Å². The first-order valence-electron chi connectivity index (χ1n) is 16.0. The van der Waals surface area contributed by atoms with Crippen LogP contribution >= 0.6 is 0 Å². The summed E-state index contributed by atoms with van der Waals surface area (Å²) in [5, 5.41) is 38.2. The third-order valence-electron chi connectivity index (χ3n) is 9.80. The molecule has 2 aliphatic rings.